The number of hydrogen-bond acceptors (Lipinski definition) is 10. The Morgan fingerprint density at radius 2 is 1.74 bits per heavy atom. The molecule has 12 heteroatoms. The number of rotatable bonds is 5. The van der Waals surface area contributed by atoms with Crippen molar-refractivity contribution in [1.82, 2.24) is 9.55 Å². The molecule has 1 aromatic heterocycles. The summed E-state index contributed by atoms with van der Waals surface area (Å²) >= 11 is 0. The number of nitrogens with zero attached hydrogens (tertiary/aromatic N) is 2. The maximum atomic E-state index is 12.1. The maximum absolute atomic E-state index is 12.1. The van der Waals surface area contributed by atoms with E-state index in [0.29, 0.717) is 0 Å². The molecule has 4 atom stereocenters. The highest BCUT2D eigenvalue weighted by Crippen LogP contribution is 2.33. The van der Waals surface area contributed by atoms with Gasteiger partial charge in [0.1, 0.15) is 18.5 Å². The fraction of sp³-hybridized carbons (Fsp3) is 0.533. The van der Waals surface area contributed by atoms with Crippen LogP contribution in [0.1, 0.15) is 27.0 Å². The van der Waals surface area contributed by atoms with E-state index >= 15 is 0 Å². The van der Waals surface area contributed by atoms with Crippen LogP contribution in [0.25, 0.3) is 0 Å². The molecule has 2 rings (SSSR count). The number of carbonyl (C=O) groups excluding carboxylic acids is 3. The summed E-state index contributed by atoms with van der Waals surface area (Å²) in [5.74, 6) is -1.91. The van der Waals surface area contributed by atoms with Gasteiger partial charge in [0.2, 0.25) is 0 Å². The molecule has 0 spiro atoms. The van der Waals surface area contributed by atoms with Crippen molar-refractivity contribution in [2.24, 2.45) is 0 Å². The number of hydrogen-bond donors (Lipinski definition) is 1. The number of aromatic nitrogens is 2. The van der Waals surface area contributed by atoms with Crippen LogP contribution in [0.15, 0.2) is 17.1 Å². The molecular weight excluding hydrogens is 386 g/mol. The van der Waals surface area contributed by atoms with Gasteiger partial charge in [0.25, 0.3) is 0 Å². The molecule has 1 fully saturated rings. The molecule has 2 heterocycles. The minimum absolute atomic E-state index is 0. The molecule has 27 heavy (non-hydrogen) atoms. The first-order valence-corrected chi connectivity index (χ1v) is 7.67. The molecule has 0 unspecified atom stereocenters. The van der Waals surface area contributed by atoms with Gasteiger partial charge in [0.05, 0.1) is 0 Å². The number of anilines is 1. The van der Waals surface area contributed by atoms with Crippen LogP contribution in [0.3, 0.4) is 0 Å². The Morgan fingerprint density at radius 1 is 1.15 bits per heavy atom. The zero-order valence-corrected chi connectivity index (χ0v) is 15.6. The van der Waals surface area contributed by atoms with Crippen molar-refractivity contribution in [3.63, 3.8) is 0 Å². The van der Waals surface area contributed by atoms with E-state index in [1.165, 1.54) is 19.2 Å². The lowest BCUT2D eigenvalue weighted by Crippen LogP contribution is -2.41. The van der Waals surface area contributed by atoms with Crippen LogP contribution in [-0.4, -0.2) is 52.4 Å². The monoisotopic (exact) mass is 405 g/mol. The molecule has 1 aliphatic rings. The van der Waals surface area contributed by atoms with Gasteiger partial charge in [-0.1, -0.05) is 0 Å². The van der Waals surface area contributed by atoms with Crippen molar-refractivity contribution in [1.29, 1.82) is 0 Å². The molecule has 0 aromatic carbocycles. The van der Waals surface area contributed by atoms with Crippen LogP contribution in [-0.2, 0) is 33.3 Å². The average molecular weight is 406 g/mol. The highest BCUT2D eigenvalue weighted by molar-refractivity contribution is 5.85. The average Bonchev–Trinajstić information content (AvgIpc) is 2.82. The predicted octanol–water partition coefficient (Wildman–Crippen LogP) is -0.429. The summed E-state index contributed by atoms with van der Waals surface area (Å²) in [6.07, 6.45) is -3.04. The Balaban J connectivity index is 0.00000364. The van der Waals surface area contributed by atoms with Crippen LogP contribution < -0.4 is 11.4 Å². The highest BCUT2D eigenvalue weighted by Gasteiger charge is 2.50. The first-order chi connectivity index (χ1) is 12.2. The zero-order valence-electron chi connectivity index (χ0n) is 14.8. The lowest BCUT2D eigenvalue weighted by Gasteiger charge is -2.23. The van der Waals surface area contributed by atoms with E-state index in [9.17, 15) is 19.2 Å². The summed E-state index contributed by atoms with van der Waals surface area (Å²) < 4.78 is 22.1. The van der Waals surface area contributed by atoms with Gasteiger partial charge in [0.15, 0.2) is 18.4 Å². The SMILES string of the molecule is CC(=O)OC[C@H]1O[C@@H](n2ccc(N)nc2=O)[C@@H](OC(C)=O)[C@@H]1OC(C)=O.Cl. The Hall–Kier alpha value is -2.66. The Labute approximate surface area is 160 Å². The fourth-order valence-corrected chi connectivity index (χ4v) is 2.54. The van der Waals surface area contributed by atoms with Crippen molar-refractivity contribution in [2.45, 2.75) is 45.3 Å². The minimum Gasteiger partial charge on any atom is -0.463 e. The largest absolute Gasteiger partial charge is 0.463 e. The number of esters is 3. The molecule has 11 nitrogen and oxygen atoms in total. The van der Waals surface area contributed by atoms with E-state index in [0.717, 1.165) is 18.4 Å². The number of nitrogens with two attached hydrogens (primary N) is 1. The number of halogens is 1. The molecule has 2 N–H and O–H groups in total. The molecule has 1 saturated heterocycles. The number of ether oxygens (including phenoxy) is 4. The van der Waals surface area contributed by atoms with E-state index in [1.54, 1.807) is 0 Å². The topological polar surface area (TPSA) is 149 Å². The summed E-state index contributed by atoms with van der Waals surface area (Å²) in [5, 5.41) is 0. The van der Waals surface area contributed by atoms with E-state index in [-0.39, 0.29) is 24.8 Å². The molecule has 0 saturated carbocycles. The summed E-state index contributed by atoms with van der Waals surface area (Å²) in [5.41, 5.74) is 4.72. The third kappa shape index (κ3) is 5.66. The van der Waals surface area contributed by atoms with Gasteiger partial charge < -0.3 is 24.7 Å². The second-order valence-corrected chi connectivity index (χ2v) is 5.56. The van der Waals surface area contributed by atoms with Gasteiger partial charge in [-0.2, -0.15) is 4.98 Å². The maximum Gasteiger partial charge on any atom is 0.351 e. The minimum atomic E-state index is -1.15. The van der Waals surface area contributed by atoms with Crippen molar-refractivity contribution < 1.29 is 33.3 Å². The fourth-order valence-electron chi connectivity index (χ4n) is 2.54. The van der Waals surface area contributed by atoms with Gasteiger partial charge in [-0.25, -0.2) is 4.79 Å². The van der Waals surface area contributed by atoms with Crippen LogP contribution in [0.2, 0.25) is 0 Å². The molecular formula is C15H20ClN3O8. The molecule has 0 radical (unpaired) electrons. The van der Waals surface area contributed by atoms with E-state index < -0.39 is 48.1 Å². The summed E-state index contributed by atoms with van der Waals surface area (Å²) in [7, 11) is 0. The van der Waals surface area contributed by atoms with Crippen LogP contribution in [0.5, 0.6) is 0 Å². The van der Waals surface area contributed by atoms with Gasteiger partial charge >= 0.3 is 23.6 Å². The first-order valence-electron chi connectivity index (χ1n) is 7.67. The number of nitrogen functional groups attached to an aromatic ring is 1. The summed E-state index contributed by atoms with van der Waals surface area (Å²) in [4.78, 5) is 49.7. The lowest BCUT2D eigenvalue weighted by atomic mass is 10.1. The quantitative estimate of drug-likeness (QED) is 0.505. The third-order valence-electron chi connectivity index (χ3n) is 3.47. The van der Waals surface area contributed by atoms with Crippen molar-refractivity contribution in [3.05, 3.63) is 22.7 Å². The highest BCUT2D eigenvalue weighted by atomic mass is 35.5. The second-order valence-electron chi connectivity index (χ2n) is 5.56. The first kappa shape index (κ1) is 22.4. The van der Waals surface area contributed by atoms with Gasteiger partial charge in [-0.15, -0.1) is 12.4 Å². The number of carbonyl (C=O) groups is 3. The van der Waals surface area contributed by atoms with Crippen LogP contribution in [0, 0.1) is 0 Å². The smallest absolute Gasteiger partial charge is 0.351 e. The second kappa shape index (κ2) is 9.33. The normalized spacial score (nSPS) is 23.8. The summed E-state index contributed by atoms with van der Waals surface area (Å²) in [6, 6.07) is 1.36. The molecule has 0 aliphatic carbocycles. The van der Waals surface area contributed by atoms with Crippen LogP contribution >= 0.6 is 12.4 Å². The van der Waals surface area contributed by atoms with Crippen LogP contribution in [0.4, 0.5) is 5.82 Å². The van der Waals surface area contributed by atoms with E-state index in [4.69, 9.17) is 24.7 Å². The Bertz CT molecular complexity index is 768. The lowest BCUT2D eigenvalue weighted by molar-refractivity contribution is -0.166. The van der Waals surface area contributed by atoms with Gasteiger partial charge in [-0.05, 0) is 6.07 Å². The Kier molecular flexibility index (Phi) is 7.73. The summed E-state index contributed by atoms with van der Waals surface area (Å²) in [6.45, 7) is 3.26. The zero-order chi connectivity index (χ0) is 19.4. The molecule has 150 valence electrons. The third-order valence-corrected chi connectivity index (χ3v) is 3.47. The predicted molar refractivity (Wildman–Crippen MR) is 91.8 cm³/mol. The molecule has 0 amide bonds. The van der Waals surface area contributed by atoms with E-state index in [2.05, 4.69) is 4.98 Å². The standard InChI is InChI=1S/C15H19N3O8.ClH/c1-7(19)23-6-10-12(24-8(2)20)13(25-9(3)21)14(26-10)18-5-4-11(16)17-15(18)22;/h4-5,10,12-14H,6H2,1-3H3,(H2,16,17,22);1H/t10-,12-,13+,14-;/m1./s1. The van der Waals surface area contributed by atoms with Crippen molar-refractivity contribution >= 4 is 36.1 Å². The van der Waals surface area contributed by atoms with Crippen molar-refractivity contribution in [2.75, 3.05) is 12.3 Å². The molecule has 1 aromatic rings. The Morgan fingerprint density at radius 3 is 2.26 bits per heavy atom. The molecule has 0 bridgehead atoms. The van der Waals surface area contributed by atoms with E-state index in [1.807, 2.05) is 0 Å². The molecule has 1 aliphatic heterocycles. The van der Waals surface area contributed by atoms with Crippen molar-refractivity contribution in [3.8, 4) is 0 Å². The van der Waals surface area contributed by atoms with Gasteiger partial charge in [-0.3, -0.25) is 19.0 Å². The van der Waals surface area contributed by atoms with Gasteiger partial charge in [0, 0.05) is 27.0 Å².